The molecule has 0 bridgehead atoms. The Morgan fingerprint density at radius 3 is 2.52 bits per heavy atom. The zero-order chi connectivity index (χ0) is 22.5. The monoisotopic (exact) mass is 441 g/mol. The highest BCUT2D eigenvalue weighted by Gasteiger charge is 2.16. The Balaban J connectivity index is 1.80. The van der Waals surface area contributed by atoms with Gasteiger partial charge in [0, 0.05) is 18.3 Å². The van der Waals surface area contributed by atoms with Crippen LogP contribution in [-0.4, -0.2) is 22.8 Å². The van der Waals surface area contributed by atoms with Crippen LogP contribution in [0, 0.1) is 5.82 Å². The molecule has 0 atom stereocenters. The summed E-state index contributed by atoms with van der Waals surface area (Å²) < 4.78 is 69.8. The van der Waals surface area contributed by atoms with Crippen LogP contribution in [0.25, 0.3) is 22.0 Å². The molecule has 3 aromatic rings. The second-order valence-electron chi connectivity index (χ2n) is 6.90. The van der Waals surface area contributed by atoms with E-state index in [9.17, 15) is 26.7 Å². The van der Waals surface area contributed by atoms with E-state index in [4.69, 9.17) is 5.73 Å². The number of anilines is 1. The summed E-state index contributed by atoms with van der Waals surface area (Å²) in [7, 11) is 0. The molecule has 2 aromatic heterocycles. The number of unbranched alkanes of at least 4 members (excludes halogenated alkanes) is 2. The highest BCUT2D eigenvalue weighted by atomic mass is 19.3. The van der Waals surface area contributed by atoms with Gasteiger partial charge in [-0.15, -0.1) is 0 Å². The highest BCUT2D eigenvalue weighted by Crippen LogP contribution is 2.30. The minimum atomic E-state index is -2.79. The second kappa shape index (κ2) is 9.86. The maximum atomic E-state index is 14.7. The summed E-state index contributed by atoms with van der Waals surface area (Å²) in [5, 5.41) is 0.614. The Kier molecular flexibility index (Phi) is 7.21. The number of hydrogen-bond acceptors (Lipinski definition) is 4. The molecule has 0 spiro atoms. The lowest BCUT2D eigenvalue weighted by molar-refractivity contribution is -0.129. The standard InChI is InChI=1S/C21H20F5N3O2/c22-16-11-14-12(10-15(16)17-5-4-13(18(23)24)19(27)28-17)6-8-29(20(14)30)7-2-1-3-9-31-21(25)26/h4-6,8,10-11,18,21H,1-3,7,9H2,(H2,27,28). The van der Waals surface area contributed by atoms with Crippen LogP contribution in [0.5, 0.6) is 0 Å². The first-order valence-electron chi connectivity index (χ1n) is 9.55. The maximum absolute atomic E-state index is 14.7. The van der Waals surface area contributed by atoms with E-state index in [1.54, 1.807) is 12.3 Å². The molecule has 0 radical (unpaired) electrons. The maximum Gasteiger partial charge on any atom is 0.345 e. The fourth-order valence-corrected chi connectivity index (χ4v) is 3.23. The van der Waals surface area contributed by atoms with E-state index in [0.717, 1.165) is 12.1 Å². The van der Waals surface area contributed by atoms with Crippen molar-refractivity contribution in [3.05, 3.63) is 58.3 Å². The van der Waals surface area contributed by atoms with Crippen LogP contribution in [0.4, 0.5) is 27.8 Å². The van der Waals surface area contributed by atoms with Crippen molar-refractivity contribution in [3.8, 4) is 11.3 Å². The van der Waals surface area contributed by atoms with E-state index in [1.807, 2.05) is 0 Å². The van der Waals surface area contributed by atoms with Crippen molar-refractivity contribution >= 4 is 16.6 Å². The molecule has 0 aliphatic carbocycles. The summed E-state index contributed by atoms with van der Waals surface area (Å²) in [6, 6.07) is 6.48. The van der Waals surface area contributed by atoms with E-state index < -0.39 is 30.0 Å². The van der Waals surface area contributed by atoms with Crippen molar-refractivity contribution in [3.63, 3.8) is 0 Å². The molecule has 166 valence electrons. The normalized spacial score (nSPS) is 11.7. The average Bonchev–Trinajstić information content (AvgIpc) is 2.71. The minimum absolute atomic E-state index is 0.0381. The smallest absolute Gasteiger partial charge is 0.345 e. The molecular formula is C21H20F5N3O2. The molecule has 0 saturated carbocycles. The van der Waals surface area contributed by atoms with E-state index in [1.165, 1.54) is 16.7 Å². The molecule has 0 aliphatic rings. The van der Waals surface area contributed by atoms with Gasteiger partial charge in [0.2, 0.25) is 0 Å². The summed E-state index contributed by atoms with van der Waals surface area (Å²) in [4.78, 5) is 16.5. The number of pyridine rings is 2. The van der Waals surface area contributed by atoms with Crippen molar-refractivity contribution in [2.45, 2.75) is 38.8 Å². The largest absolute Gasteiger partial charge is 0.383 e. The SMILES string of the molecule is Nc1nc(-c2cc3ccn(CCCCCOC(F)F)c(=O)c3cc2F)ccc1C(F)F. The molecule has 0 saturated heterocycles. The number of nitrogen functional groups attached to an aromatic ring is 1. The molecule has 5 nitrogen and oxygen atoms in total. The van der Waals surface area contributed by atoms with Crippen LogP contribution >= 0.6 is 0 Å². The van der Waals surface area contributed by atoms with Gasteiger partial charge in [0.25, 0.3) is 12.0 Å². The summed E-state index contributed by atoms with van der Waals surface area (Å²) in [6.07, 6.45) is 0.359. The van der Waals surface area contributed by atoms with Crippen molar-refractivity contribution in [2.75, 3.05) is 12.3 Å². The van der Waals surface area contributed by atoms with Crippen LogP contribution in [0.1, 0.15) is 31.3 Å². The van der Waals surface area contributed by atoms with E-state index in [0.29, 0.717) is 31.2 Å². The average molecular weight is 441 g/mol. The van der Waals surface area contributed by atoms with Gasteiger partial charge in [0.1, 0.15) is 11.6 Å². The van der Waals surface area contributed by atoms with E-state index in [-0.39, 0.29) is 29.1 Å². The van der Waals surface area contributed by atoms with Crippen LogP contribution in [0.15, 0.2) is 41.3 Å². The summed E-state index contributed by atoms with van der Waals surface area (Å²) in [5.41, 5.74) is 4.83. The summed E-state index contributed by atoms with van der Waals surface area (Å²) in [5.74, 6) is -1.12. The molecule has 2 heterocycles. The molecule has 0 unspecified atom stereocenters. The molecule has 0 amide bonds. The summed E-state index contributed by atoms with van der Waals surface area (Å²) in [6.45, 7) is -2.51. The van der Waals surface area contributed by atoms with Crippen LogP contribution in [0.2, 0.25) is 0 Å². The van der Waals surface area contributed by atoms with Crippen molar-refractivity contribution in [1.82, 2.24) is 9.55 Å². The summed E-state index contributed by atoms with van der Waals surface area (Å²) >= 11 is 0. The third-order valence-corrected chi connectivity index (χ3v) is 4.82. The quantitative estimate of drug-likeness (QED) is 0.369. The second-order valence-corrected chi connectivity index (χ2v) is 6.90. The van der Waals surface area contributed by atoms with Crippen LogP contribution in [0.3, 0.4) is 0 Å². The van der Waals surface area contributed by atoms with Gasteiger partial charge in [0.05, 0.1) is 23.3 Å². The molecule has 2 N–H and O–H groups in total. The van der Waals surface area contributed by atoms with Crippen LogP contribution < -0.4 is 11.3 Å². The Bertz CT molecular complexity index is 1120. The highest BCUT2D eigenvalue weighted by molar-refractivity contribution is 5.86. The Labute approximate surface area is 174 Å². The third-order valence-electron chi connectivity index (χ3n) is 4.82. The molecule has 31 heavy (non-hydrogen) atoms. The topological polar surface area (TPSA) is 70.1 Å². The fourth-order valence-electron chi connectivity index (χ4n) is 3.23. The number of nitrogens with zero attached hydrogens (tertiary/aromatic N) is 2. The number of benzene rings is 1. The zero-order valence-electron chi connectivity index (χ0n) is 16.3. The number of alkyl halides is 4. The predicted molar refractivity (Wildman–Crippen MR) is 107 cm³/mol. The fraction of sp³-hybridized carbons (Fsp3) is 0.333. The Morgan fingerprint density at radius 2 is 1.84 bits per heavy atom. The minimum Gasteiger partial charge on any atom is -0.383 e. The van der Waals surface area contributed by atoms with Crippen molar-refractivity contribution in [1.29, 1.82) is 0 Å². The molecule has 1 aromatic carbocycles. The first kappa shape index (κ1) is 22.7. The van der Waals surface area contributed by atoms with Gasteiger partial charge in [-0.2, -0.15) is 8.78 Å². The van der Waals surface area contributed by atoms with Crippen LogP contribution in [-0.2, 0) is 11.3 Å². The van der Waals surface area contributed by atoms with Gasteiger partial charge >= 0.3 is 6.61 Å². The van der Waals surface area contributed by atoms with E-state index >= 15 is 0 Å². The molecule has 3 rings (SSSR count). The van der Waals surface area contributed by atoms with E-state index in [2.05, 4.69) is 9.72 Å². The zero-order valence-corrected chi connectivity index (χ0v) is 16.3. The number of fused-ring (bicyclic) bond motifs is 1. The van der Waals surface area contributed by atoms with Gasteiger partial charge in [-0.25, -0.2) is 18.2 Å². The van der Waals surface area contributed by atoms with Gasteiger partial charge in [0.15, 0.2) is 0 Å². The predicted octanol–water partition coefficient (Wildman–Crippen LogP) is 5.13. The van der Waals surface area contributed by atoms with Gasteiger partial charge < -0.3 is 15.0 Å². The number of aromatic nitrogens is 2. The number of rotatable bonds is 9. The van der Waals surface area contributed by atoms with Gasteiger partial charge in [-0.05, 0) is 55.0 Å². The Morgan fingerprint density at radius 1 is 1.06 bits per heavy atom. The third kappa shape index (κ3) is 5.38. The lowest BCUT2D eigenvalue weighted by Crippen LogP contribution is -2.19. The Hall–Kier alpha value is -3.01. The number of nitrogens with two attached hydrogens (primary N) is 1. The number of aryl methyl sites for hydroxylation is 1. The first-order chi connectivity index (χ1) is 14.8. The number of halogens is 5. The number of ether oxygens (including phenoxy) is 1. The van der Waals surface area contributed by atoms with Gasteiger partial charge in [-0.3, -0.25) is 4.79 Å². The molecule has 10 heteroatoms. The number of hydrogen-bond donors (Lipinski definition) is 1. The van der Waals surface area contributed by atoms with Gasteiger partial charge in [-0.1, -0.05) is 0 Å². The lowest BCUT2D eigenvalue weighted by Gasteiger charge is -2.11. The molecule has 0 fully saturated rings. The van der Waals surface area contributed by atoms with Crippen molar-refractivity contribution in [2.24, 2.45) is 0 Å². The lowest BCUT2D eigenvalue weighted by atomic mass is 10.0. The first-order valence-corrected chi connectivity index (χ1v) is 9.55. The van der Waals surface area contributed by atoms with Crippen molar-refractivity contribution < 1.29 is 26.7 Å². The molecular weight excluding hydrogens is 421 g/mol. The molecule has 0 aliphatic heterocycles.